The third-order valence-corrected chi connectivity index (χ3v) is 3.52. The molecule has 2 aromatic carbocycles. The van der Waals surface area contributed by atoms with Crippen LogP contribution in [-0.4, -0.2) is 20.6 Å². The highest BCUT2D eigenvalue weighted by Gasteiger charge is 2.14. The number of para-hydroxylation sites is 2. The van der Waals surface area contributed by atoms with Crippen LogP contribution >= 0.6 is 15.9 Å². The molecular formula is C15H11BrN2O2. The first-order valence-electron chi connectivity index (χ1n) is 6.08. The molecule has 100 valence electrons. The van der Waals surface area contributed by atoms with Crippen molar-refractivity contribution >= 4 is 32.9 Å². The molecule has 3 rings (SSSR count). The molecule has 0 fully saturated rings. The van der Waals surface area contributed by atoms with Gasteiger partial charge in [-0.25, -0.2) is 4.98 Å². The summed E-state index contributed by atoms with van der Waals surface area (Å²) in [4.78, 5) is 15.7. The fraction of sp³-hybridized carbons (Fsp3) is 0.0667. The van der Waals surface area contributed by atoms with E-state index in [-0.39, 0.29) is 6.54 Å². The first-order chi connectivity index (χ1) is 9.65. The molecule has 0 saturated carbocycles. The molecule has 4 nitrogen and oxygen atoms in total. The van der Waals surface area contributed by atoms with Crippen molar-refractivity contribution in [3.05, 3.63) is 53.0 Å². The Morgan fingerprint density at radius 1 is 1.20 bits per heavy atom. The van der Waals surface area contributed by atoms with E-state index in [0.29, 0.717) is 5.82 Å². The van der Waals surface area contributed by atoms with Crippen LogP contribution < -0.4 is 0 Å². The van der Waals surface area contributed by atoms with Crippen LogP contribution in [0.5, 0.6) is 0 Å². The number of nitrogens with zero attached hydrogens (tertiary/aromatic N) is 2. The first kappa shape index (κ1) is 12.9. The molecular weight excluding hydrogens is 320 g/mol. The summed E-state index contributed by atoms with van der Waals surface area (Å²) in [6, 6.07) is 15.2. The Bertz CT molecular complexity index is 795. The predicted octanol–water partition coefficient (Wildman–Crippen LogP) is 3.55. The van der Waals surface area contributed by atoms with Gasteiger partial charge in [0.05, 0.1) is 11.0 Å². The van der Waals surface area contributed by atoms with E-state index in [1.807, 2.05) is 48.5 Å². The summed E-state index contributed by atoms with van der Waals surface area (Å²) >= 11 is 3.43. The van der Waals surface area contributed by atoms with Gasteiger partial charge in [0, 0.05) is 10.0 Å². The number of halogens is 1. The topological polar surface area (TPSA) is 55.1 Å². The molecule has 0 bridgehead atoms. The summed E-state index contributed by atoms with van der Waals surface area (Å²) in [6.45, 7) is -0.109. The summed E-state index contributed by atoms with van der Waals surface area (Å²) in [7, 11) is 0. The quantitative estimate of drug-likeness (QED) is 0.798. The number of carbonyl (C=O) groups is 1. The molecule has 0 spiro atoms. The molecule has 1 heterocycles. The summed E-state index contributed by atoms with van der Waals surface area (Å²) in [5.41, 5.74) is 2.51. The van der Waals surface area contributed by atoms with Gasteiger partial charge in [-0.05, 0) is 24.3 Å². The van der Waals surface area contributed by atoms with Crippen LogP contribution in [0.25, 0.3) is 22.4 Å². The Labute approximate surface area is 123 Å². The van der Waals surface area contributed by atoms with Crippen molar-refractivity contribution in [2.75, 3.05) is 0 Å². The lowest BCUT2D eigenvalue weighted by atomic mass is 10.2. The molecule has 0 amide bonds. The maximum atomic E-state index is 11.1. The van der Waals surface area contributed by atoms with E-state index in [2.05, 4.69) is 20.9 Å². The lowest BCUT2D eigenvalue weighted by Gasteiger charge is -2.06. The van der Waals surface area contributed by atoms with Crippen molar-refractivity contribution in [1.82, 2.24) is 9.55 Å². The van der Waals surface area contributed by atoms with Gasteiger partial charge in [-0.3, -0.25) is 4.79 Å². The maximum Gasteiger partial charge on any atom is 0.323 e. The summed E-state index contributed by atoms with van der Waals surface area (Å²) in [5.74, 6) is -0.223. The molecule has 0 aliphatic heterocycles. The van der Waals surface area contributed by atoms with Crippen molar-refractivity contribution in [2.45, 2.75) is 6.54 Å². The smallest absolute Gasteiger partial charge is 0.323 e. The Hall–Kier alpha value is -2.14. The van der Waals surface area contributed by atoms with Crippen molar-refractivity contribution in [2.24, 2.45) is 0 Å². The molecule has 0 unspecified atom stereocenters. The Kier molecular flexibility index (Phi) is 3.28. The molecule has 1 aromatic heterocycles. The molecule has 0 radical (unpaired) electrons. The fourth-order valence-corrected chi connectivity index (χ4v) is 2.62. The van der Waals surface area contributed by atoms with Gasteiger partial charge in [0.2, 0.25) is 0 Å². The second-order valence-electron chi connectivity index (χ2n) is 4.41. The minimum absolute atomic E-state index is 0.109. The Balaban J connectivity index is 2.26. The second kappa shape index (κ2) is 5.09. The number of aliphatic carboxylic acids is 1. The fourth-order valence-electron chi connectivity index (χ4n) is 2.22. The van der Waals surface area contributed by atoms with Crippen LogP contribution in [0.3, 0.4) is 0 Å². The number of rotatable bonds is 3. The van der Waals surface area contributed by atoms with Crippen molar-refractivity contribution in [3.63, 3.8) is 0 Å². The third-order valence-electron chi connectivity index (χ3n) is 3.03. The normalized spacial score (nSPS) is 10.8. The van der Waals surface area contributed by atoms with Crippen LogP contribution in [0.1, 0.15) is 0 Å². The summed E-state index contributed by atoms with van der Waals surface area (Å²) in [5, 5.41) is 9.11. The van der Waals surface area contributed by atoms with Crippen molar-refractivity contribution < 1.29 is 9.90 Å². The number of hydrogen-bond donors (Lipinski definition) is 1. The standard InChI is InChI=1S/C15H11BrN2O2/c16-11-5-3-4-10(8-11)15-17-12-6-1-2-7-13(12)18(15)9-14(19)20/h1-8H,9H2,(H,19,20). The molecule has 0 aliphatic rings. The highest BCUT2D eigenvalue weighted by molar-refractivity contribution is 9.10. The number of benzene rings is 2. The zero-order valence-electron chi connectivity index (χ0n) is 10.5. The van der Waals surface area contributed by atoms with E-state index in [9.17, 15) is 4.79 Å². The average molecular weight is 331 g/mol. The molecule has 0 saturated heterocycles. The minimum atomic E-state index is -0.885. The van der Waals surface area contributed by atoms with E-state index in [4.69, 9.17) is 5.11 Å². The third kappa shape index (κ3) is 2.32. The first-order valence-corrected chi connectivity index (χ1v) is 6.87. The monoisotopic (exact) mass is 330 g/mol. The van der Waals surface area contributed by atoms with Gasteiger partial charge >= 0.3 is 5.97 Å². The van der Waals surface area contributed by atoms with Gasteiger partial charge < -0.3 is 9.67 Å². The van der Waals surface area contributed by atoms with Gasteiger partial charge in [0.25, 0.3) is 0 Å². The van der Waals surface area contributed by atoms with Gasteiger partial charge in [0.1, 0.15) is 12.4 Å². The maximum absolute atomic E-state index is 11.1. The largest absolute Gasteiger partial charge is 0.480 e. The number of fused-ring (bicyclic) bond motifs is 1. The zero-order valence-corrected chi connectivity index (χ0v) is 12.0. The van der Waals surface area contributed by atoms with Gasteiger partial charge in [0.15, 0.2) is 0 Å². The highest BCUT2D eigenvalue weighted by atomic mass is 79.9. The average Bonchev–Trinajstić information content (AvgIpc) is 2.77. The number of carboxylic acid groups (broad SMARTS) is 1. The number of carboxylic acids is 1. The van der Waals surface area contributed by atoms with Gasteiger partial charge in [-0.15, -0.1) is 0 Å². The summed E-state index contributed by atoms with van der Waals surface area (Å²) < 4.78 is 2.66. The highest BCUT2D eigenvalue weighted by Crippen LogP contribution is 2.26. The minimum Gasteiger partial charge on any atom is -0.480 e. The SMILES string of the molecule is O=C(O)Cn1c(-c2cccc(Br)c2)nc2ccccc21. The predicted molar refractivity (Wildman–Crippen MR) is 80.5 cm³/mol. The molecule has 1 N–H and O–H groups in total. The number of aromatic nitrogens is 2. The molecule has 0 aliphatic carbocycles. The van der Waals surface area contributed by atoms with E-state index < -0.39 is 5.97 Å². The number of imidazole rings is 1. The van der Waals surface area contributed by atoms with E-state index in [1.54, 1.807) is 4.57 Å². The van der Waals surface area contributed by atoms with Crippen molar-refractivity contribution in [3.8, 4) is 11.4 Å². The molecule has 3 aromatic rings. The van der Waals surface area contributed by atoms with Gasteiger partial charge in [-0.2, -0.15) is 0 Å². The van der Waals surface area contributed by atoms with Gasteiger partial charge in [-0.1, -0.05) is 40.2 Å². The lowest BCUT2D eigenvalue weighted by molar-refractivity contribution is -0.137. The molecule has 20 heavy (non-hydrogen) atoms. The second-order valence-corrected chi connectivity index (χ2v) is 5.33. The Morgan fingerprint density at radius 3 is 2.75 bits per heavy atom. The van der Waals surface area contributed by atoms with E-state index >= 15 is 0 Å². The number of hydrogen-bond acceptors (Lipinski definition) is 2. The molecule has 5 heteroatoms. The van der Waals surface area contributed by atoms with Crippen LogP contribution in [0.15, 0.2) is 53.0 Å². The molecule has 0 atom stereocenters. The van der Waals surface area contributed by atoms with Crippen LogP contribution in [0, 0.1) is 0 Å². The van der Waals surface area contributed by atoms with Crippen molar-refractivity contribution in [1.29, 1.82) is 0 Å². The van der Waals surface area contributed by atoms with E-state index in [0.717, 1.165) is 21.1 Å². The van der Waals surface area contributed by atoms with Crippen LogP contribution in [-0.2, 0) is 11.3 Å². The zero-order chi connectivity index (χ0) is 14.1. The van der Waals surface area contributed by atoms with E-state index in [1.165, 1.54) is 0 Å². The lowest BCUT2D eigenvalue weighted by Crippen LogP contribution is -2.09. The van der Waals surface area contributed by atoms with Crippen LogP contribution in [0.2, 0.25) is 0 Å². The summed E-state index contributed by atoms with van der Waals surface area (Å²) in [6.07, 6.45) is 0. The van der Waals surface area contributed by atoms with Crippen LogP contribution in [0.4, 0.5) is 0 Å². The Morgan fingerprint density at radius 2 is 2.00 bits per heavy atom.